The molecule has 0 aliphatic heterocycles. The van der Waals surface area contributed by atoms with Crippen LogP contribution in [0.1, 0.15) is 27.2 Å². The normalized spacial score (nSPS) is 13.1. The lowest BCUT2D eigenvalue weighted by Gasteiger charge is -2.13. The molecule has 2 aromatic rings. The van der Waals surface area contributed by atoms with E-state index in [0.29, 0.717) is 10.6 Å². The van der Waals surface area contributed by atoms with E-state index in [4.69, 9.17) is 51.8 Å². The Balaban J connectivity index is 1.74. The van der Waals surface area contributed by atoms with E-state index in [1.54, 1.807) is 0 Å². The Morgan fingerprint density at radius 1 is 1.17 bits per heavy atom. The molecule has 0 saturated carbocycles. The molecule has 3 N–H and O–H groups in total. The van der Waals surface area contributed by atoms with Crippen molar-refractivity contribution in [3.63, 3.8) is 0 Å². The second-order valence-electron chi connectivity index (χ2n) is 5.93. The molecule has 0 spiro atoms. The van der Waals surface area contributed by atoms with Crippen LogP contribution in [0.25, 0.3) is 0 Å². The summed E-state index contributed by atoms with van der Waals surface area (Å²) < 4.78 is 29.8. The summed E-state index contributed by atoms with van der Waals surface area (Å²) >= 11 is 24.2. The van der Waals surface area contributed by atoms with Crippen LogP contribution in [0.3, 0.4) is 0 Å². The number of hydrogen-bond acceptors (Lipinski definition) is 6. The number of methoxy groups -OCH3 is 1. The third-order valence-corrected chi connectivity index (χ3v) is 7.95. The number of fused-ring (bicyclic) bond motifs is 1. The number of thiocarbonyl (C=S) groups is 1. The van der Waals surface area contributed by atoms with Crippen molar-refractivity contribution < 1.29 is 17.9 Å². The highest BCUT2D eigenvalue weighted by Crippen LogP contribution is 2.39. The molecule has 3 rings (SSSR count). The minimum absolute atomic E-state index is 0.0352. The molecule has 0 atom stereocenters. The molecule has 29 heavy (non-hydrogen) atoms. The van der Waals surface area contributed by atoms with Gasteiger partial charge in [-0.1, -0.05) is 34.8 Å². The molecular formula is C16H14Cl3N3O4S3. The van der Waals surface area contributed by atoms with Crippen molar-refractivity contribution in [1.29, 1.82) is 0 Å². The number of sulfonamides is 1. The van der Waals surface area contributed by atoms with Crippen LogP contribution >= 0.6 is 58.4 Å². The molecule has 7 nitrogen and oxygen atoms in total. The molecule has 0 fully saturated rings. The summed E-state index contributed by atoms with van der Waals surface area (Å²) in [6.45, 7) is 0. The highest BCUT2D eigenvalue weighted by molar-refractivity contribution is 7.89. The van der Waals surface area contributed by atoms with E-state index < -0.39 is 16.0 Å². The van der Waals surface area contributed by atoms with Crippen molar-refractivity contribution in [2.45, 2.75) is 24.2 Å². The van der Waals surface area contributed by atoms with Gasteiger partial charge >= 0.3 is 5.97 Å². The van der Waals surface area contributed by atoms with E-state index in [1.807, 2.05) is 0 Å². The van der Waals surface area contributed by atoms with Gasteiger partial charge in [-0.15, -0.1) is 16.2 Å². The summed E-state index contributed by atoms with van der Waals surface area (Å²) in [5, 5.41) is 3.34. The third kappa shape index (κ3) is 4.79. The van der Waals surface area contributed by atoms with Gasteiger partial charge in [-0.2, -0.15) is 0 Å². The number of anilines is 1. The maximum atomic E-state index is 12.5. The summed E-state index contributed by atoms with van der Waals surface area (Å²) in [5.74, 6) is -0.474. The van der Waals surface area contributed by atoms with Crippen molar-refractivity contribution in [2.24, 2.45) is 0 Å². The molecule has 156 valence electrons. The van der Waals surface area contributed by atoms with Crippen molar-refractivity contribution in [1.82, 2.24) is 10.3 Å². The van der Waals surface area contributed by atoms with Gasteiger partial charge in [-0.05, 0) is 49.2 Å². The number of esters is 1. The molecular weight excluding hydrogens is 501 g/mol. The Morgan fingerprint density at radius 2 is 1.86 bits per heavy atom. The van der Waals surface area contributed by atoms with Gasteiger partial charge in [0.1, 0.15) is 9.90 Å². The first-order valence-electron chi connectivity index (χ1n) is 8.10. The van der Waals surface area contributed by atoms with Crippen LogP contribution in [0.5, 0.6) is 0 Å². The number of carbonyl (C=O) groups is 1. The SMILES string of the molecule is COC(=O)c1c(NC(=S)NNS(=O)(=O)c2cc(Cl)c(Cl)cc2Cl)sc2c1CCC2. The number of rotatable bonds is 5. The second kappa shape index (κ2) is 8.93. The number of hydrogen-bond donors (Lipinski definition) is 3. The lowest BCUT2D eigenvalue weighted by atomic mass is 10.1. The molecule has 13 heteroatoms. The Hall–Kier alpha value is -1.14. The van der Waals surface area contributed by atoms with E-state index >= 15 is 0 Å². The van der Waals surface area contributed by atoms with Crippen LogP contribution in [0.4, 0.5) is 5.00 Å². The van der Waals surface area contributed by atoms with Gasteiger partial charge in [0, 0.05) is 4.88 Å². The maximum absolute atomic E-state index is 12.5. The van der Waals surface area contributed by atoms with Crippen molar-refractivity contribution in [3.8, 4) is 0 Å². The van der Waals surface area contributed by atoms with Crippen LogP contribution in [-0.4, -0.2) is 26.6 Å². The number of halogens is 3. The van der Waals surface area contributed by atoms with Crippen LogP contribution in [-0.2, 0) is 27.6 Å². The first-order chi connectivity index (χ1) is 13.6. The molecule has 1 aromatic heterocycles. The highest BCUT2D eigenvalue weighted by atomic mass is 35.5. The molecule has 0 unspecified atom stereocenters. The van der Waals surface area contributed by atoms with E-state index in [-0.39, 0.29) is 25.1 Å². The largest absolute Gasteiger partial charge is 0.465 e. The number of nitrogens with one attached hydrogen (secondary N) is 3. The summed E-state index contributed by atoms with van der Waals surface area (Å²) in [6, 6.07) is 2.36. The Morgan fingerprint density at radius 3 is 2.55 bits per heavy atom. The number of ether oxygens (including phenoxy) is 1. The average molecular weight is 515 g/mol. The van der Waals surface area contributed by atoms with E-state index in [0.717, 1.165) is 35.8 Å². The Kier molecular flexibility index (Phi) is 6.94. The number of hydrazine groups is 1. The molecule has 0 amide bonds. The first kappa shape index (κ1) is 22.5. The van der Waals surface area contributed by atoms with Gasteiger partial charge < -0.3 is 10.1 Å². The van der Waals surface area contributed by atoms with E-state index in [1.165, 1.54) is 24.5 Å². The van der Waals surface area contributed by atoms with Gasteiger partial charge in [0.25, 0.3) is 10.0 Å². The fraction of sp³-hybridized carbons (Fsp3) is 0.250. The lowest BCUT2D eigenvalue weighted by molar-refractivity contribution is 0.0601. The Labute approximate surface area is 191 Å². The standard InChI is InChI=1S/C16H14Cl3N3O4S3/c1-26-15(23)13-7-3-2-4-11(7)28-14(13)20-16(27)21-22-29(24,25)12-6-9(18)8(17)5-10(12)19/h5-6,22H,2-4H2,1H3,(H2,20,21,27). The number of thiophene rings is 1. The van der Waals surface area contributed by atoms with E-state index in [2.05, 4.69) is 15.6 Å². The second-order valence-corrected chi connectivity index (χ2v) is 10.3. The molecule has 1 aromatic carbocycles. The third-order valence-electron chi connectivity index (χ3n) is 4.10. The monoisotopic (exact) mass is 513 g/mol. The van der Waals surface area contributed by atoms with E-state index in [9.17, 15) is 13.2 Å². The summed E-state index contributed by atoms with van der Waals surface area (Å²) in [7, 11) is -2.79. The molecule has 0 bridgehead atoms. The zero-order valence-corrected chi connectivity index (χ0v) is 19.5. The minimum atomic E-state index is -4.10. The van der Waals surface area contributed by atoms with Gasteiger partial charge in [-0.25, -0.2) is 13.2 Å². The average Bonchev–Trinajstić information content (AvgIpc) is 3.23. The molecule has 0 saturated heterocycles. The molecule has 1 aliphatic rings. The van der Waals surface area contributed by atoms with Crippen LogP contribution in [0.15, 0.2) is 17.0 Å². The van der Waals surface area contributed by atoms with Crippen LogP contribution < -0.4 is 15.6 Å². The summed E-state index contributed by atoms with van der Waals surface area (Å²) in [6.07, 6.45) is 2.62. The van der Waals surface area contributed by atoms with Gasteiger partial charge in [0.15, 0.2) is 5.11 Å². The van der Waals surface area contributed by atoms with Gasteiger partial charge in [0.2, 0.25) is 0 Å². The predicted molar refractivity (Wildman–Crippen MR) is 119 cm³/mol. The Bertz CT molecular complexity index is 1100. The molecule has 1 aliphatic carbocycles. The summed E-state index contributed by atoms with van der Waals surface area (Å²) in [5.41, 5.74) is 3.74. The fourth-order valence-electron chi connectivity index (χ4n) is 2.82. The quantitative estimate of drug-likeness (QED) is 0.238. The number of aryl methyl sites for hydroxylation is 1. The molecule has 0 radical (unpaired) electrons. The first-order valence-corrected chi connectivity index (χ1v) is 11.9. The minimum Gasteiger partial charge on any atom is -0.465 e. The summed E-state index contributed by atoms with van der Waals surface area (Å²) in [4.78, 5) is 15.1. The number of benzene rings is 1. The lowest BCUT2D eigenvalue weighted by Crippen LogP contribution is -2.43. The van der Waals surface area contributed by atoms with Gasteiger partial charge in [-0.3, -0.25) is 5.43 Å². The van der Waals surface area contributed by atoms with Crippen molar-refractivity contribution in [3.05, 3.63) is 43.2 Å². The topological polar surface area (TPSA) is 96.5 Å². The van der Waals surface area contributed by atoms with Gasteiger partial charge in [0.05, 0.1) is 27.7 Å². The molecule has 1 heterocycles. The van der Waals surface area contributed by atoms with Crippen LogP contribution in [0.2, 0.25) is 15.1 Å². The van der Waals surface area contributed by atoms with Crippen LogP contribution in [0, 0.1) is 0 Å². The number of carbonyl (C=O) groups excluding carboxylic acids is 1. The maximum Gasteiger partial charge on any atom is 0.341 e. The van der Waals surface area contributed by atoms with Crippen molar-refractivity contribution in [2.75, 3.05) is 12.4 Å². The predicted octanol–water partition coefficient (Wildman–Crippen LogP) is 4.16. The zero-order valence-electron chi connectivity index (χ0n) is 14.8. The highest BCUT2D eigenvalue weighted by Gasteiger charge is 2.28. The fourth-order valence-corrected chi connectivity index (χ4v) is 6.24. The van der Waals surface area contributed by atoms with Crippen molar-refractivity contribution >= 4 is 84.5 Å². The smallest absolute Gasteiger partial charge is 0.341 e. The zero-order chi connectivity index (χ0) is 21.3.